The molecule has 0 fully saturated rings. The first-order chi connectivity index (χ1) is 8.04. The molecule has 0 radical (unpaired) electrons. The summed E-state index contributed by atoms with van der Waals surface area (Å²) in [5.41, 5.74) is -1.02. The Bertz CT molecular complexity index is 544. The van der Waals surface area contributed by atoms with Gasteiger partial charge in [0, 0.05) is 18.8 Å². The molecule has 0 aromatic carbocycles. The van der Waals surface area contributed by atoms with Crippen LogP contribution in [0.4, 0.5) is 0 Å². The highest BCUT2D eigenvalue weighted by atomic mass is 79.9. The number of halogens is 1. The number of rotatable bonds is 4. The Morgan fingerprint density at radius 2 is 2.29 bits per heavy atom. The fourth-order valence-electron chi connectivity index (χ4n) is 1.07. The molecule has 1 aromatic rings. The minimum absolute atomic E-state index is 0.174. The number of hydrogen-bond acceptors (Lipinski definition) is 4. The molecule has 0 aliphatic carbocycles. The summed E-state index contributed by atoms with van der Waals surface area (Å²) in [5.74, 6) is -0.468. The van der Waals surface area contributed by atoms with Gasteiger partial charge in [0.25, 0.3) is 5.56 Å². The lowest BCUT2D eigenvalue weighted by Crippen LogP contribution is -2.29. The van der Waals surface area contributed by atoms with Crippen LogP contribution in [0, 0.1) is 0 Å². The summed E-state index contributed by atoms with van der Waals surface area (Å²) < 4.78 is 6.18. The zero-order valence-electron chi connectivity index (χ0n) is 9.10. The first kappa shape index (κ1) is 13.4. The summed E-state index contributed by atoms with van der Waals surface area (Å²) in [7, 11) is 0. The predicted octanol–water partition coefficient (Wildman–Crippen LogP) is 0.418. The highest BCUT2D eigenvalue weighted by molar-refractivity contribution is 9.10. The largest absolute Gasteiger partial charge is 0.463 e. The van der Waals surface area contributed by atoms with E-state index in [1.54, 1.807) is 6.92 Å². The zero-order chi connectivity index (χ0) is 12.8. The van der Waals surface area contributed by atoms with Crippen LogP contribution in [0.2, 0.25) is 0 Å². The number of nitrogens with zero attached hydrogens (tertiary/aromatic N) is 1. The van der Waals surface area contributed by atoms with E-state index in [0.29, 0.717) is 6.61 Å². The van der Waals surface area contributed by atoms with E-state index in [2.05, 4.69) is 25.7 Å². The summed E-state index contributed by atoms with van der Waals surface area (Å²) in [6, 6.07) is 0. The van der Waals surface area contributed by atoms with E-state index in [0.717, 1.165) is 0 Å². The molecule has 0 amide bonds. The van der Waals surface area contributed by atoms with E-state index < -0.39 is 17.2 Å². The Labute approximate surface area is 105 Å². The number of aromatic nitrogens is 2. The maximum absolute atomic E-state index is 11.3. The van der Waals surface area contributed by atoms with Crippen LogP contribution in [0.25, 0.3) is 0 Å². The summed E-state index contributed by atoms with van der Waals surface area (Å²) in [6.45, 7) is 2.18. The fourth-order valence-corrected chi connectivity index (χ4v) is 1.42. The van der Waals surface area contributed by atoms with E-state index in [1.807, 2.05) is 0 Å². The lowest BCUT2D eigenvalue weighted by molar-refractivity contribution is -0.137. The molecule has 17 heavy (non-hydrogen) atoms. The quantitative estimate of drug-likeness (QED) is 0.645. The average molecular weight is 303 g/mol. The van der Waals surface area contributed by atoms with Crippen molar-refractivity contribution in [3.05, 3.63) is 43.7 Å². The van der Waals surface area contributed by atoms with Crippen LogP contribution < -0.4 is 11.2 Å². The first-order valence-electron chi connectivity index (χ1n) is 4.87. The molecule has 0 bridgehead atoms. The molecule has 0 aliphatic heterocycles. The van der Waals surface area contributed by atoms with Gasteiger partial charge in [0.05, 0.1) is 11.1 Å². The summed E-state index contributed by atoms with van der Waals surface area (Å²) >= 11 is 3.01. The van der Waals surface area contributed by atoms with E-state index in [4.69, 9.17) is 0 Å². The van der Waals surface area contributed by atoms with Crippen molar-refractivity contribution in [2.45, 2.75) is 13.5 Å². The molecule has 7 heteroatoms. The average Bonchev–Trinajstić information content (AvgIpc) is 2.26. The molecule has 1 heterocycles. The molecule has 1 N–H and O–H groups in total. The Morgan fingerprint density at radius 3 is 2.94 bits per heavy atom. The minimum Gasteiger partial charge on any atom is -0.463 e. The highest BCUT2D eigenvalue weighted by Gasteiger charge is 2.00. The van der Waals surface area contributed by atoms with Crippen LogP contribution >= 0.6 is 15.9 Å². The second-order valence-corrected chi connectivity index (χ2v) is 3.90. The number of nitrogens with one attached hydrogen (secondary N) is 1. The van der Waals surface area contributed by atoms with Gasteiger partial charge >= 0.3 is 11.7 Å². The summed E-state index contributed by atoms with van der Waals surface area (Å²) in [5, 5.41) is 0. The molecule has 0 spiro atoms. The molecule has 0 saturated heterocycles. The van der Waals surface area contributed by atoms with Gasteiger partial charge in [0.1, 0.15) is 0 Å². The van der Waals surface area contributed by atoms with Crippen molar-refractivity contribution in [2.75, 3.05) is 6.61 Å². The standard InChI is InChI=1S/C10H11BrN2O4/c1-2-17-8(14)4-3-5-13-6-7(11)9(15)12-10(13)16/h3-4,6H,2,5H2,1H3,(H,12,15,16)/b4-3+. The second kappa shape index (κ2) is 6.19. The van der Waals surface area contributed by atoms with Crippen LogP contribution in [-0.2, 0) is 16.1 Å². The van der Waals surface area contributed by atoms with Crippen molar-refractivity contribution in [3.8, 4) is 0 Å². The topological polar surface area (TPSA) is 81.2 Å². The fraction of sp³-hybridized carbons (Fsp3) is 0.300. The van der Waals surface area contributed by atoms with Crippen LogP contribution in [0.3, 0.4) is 0 Å². The van der Waals surface area contributed by atoms with Crippen LogP contribution in [0.15, 0.2) is 32.4 Å². The molecule has 0 saturated carbocycles. The molecule has 1 rings (SSSR count). The van der Waals surface area contributed by atoms with E-state index in [-0.39, 0.29) is 11.0 Å². The molecule has 92 valence electrons. The van der Waals surface area contributed by atoms with Crippen LogP contribution in [-0.4, -0.2) is 22.1 Å². The van der Waals surface area contributed by atoms with Crippen molar-refractivity contribution in [1.82, 2.24) is 9.55 Å². The summed E-state index contributed by atoms with van der Waals surface area (Å²) in [4.78, 5) is 35.5. The van der Waals surface area contributed by atoms with E-state index in [1.165, 1.54) is 22.9 Å². The van der Waals surface area contributed by atoms with E-state index >= 15 is 0 Å². The number of carbonyl (C=O) groups excluding carboxylic acids is 1. The van der Waals surface area contributed by atoms with Crippen LogP contribution in [0.1, 0.15) is 6.92 Å². The third-order valence-corrected chi connectivity index (χ3v) is 2.37. The number of allylic oxidation sites excluding steroid dienone is 1. The van der Waals surface area contributed by atoms with Crippen molar-refractivity contribution >= 4 is 21.9 Å². The third kappa shape index (κ3) is 4.03. The zero-order valence-corrected chi connectivity index (χ0v) is 10.7. The molecular formula is C10H11BrN2O4. The molecule has 0 unspecified atom stereocenters. The van der Waals surface area contributed by atoms with Crippen molar-refractivity contribution in [2.24, 2.45) is 0 Å². The molecule has 0 aliphatic rings. The number of hydrogen-bond donors (Lipinski definition) is 1. The normalized spacial score (nSPS) is 10.7. The summed E-state index contributed by atoms with van der Waals surface area (Å²) in [6.07, 6.45) is 4.07. The van der Waals surface area contributed by atoms with Crippen LogP contribution in [0.5, 0.6) is 0 Å². The number of ether oxygens (including phenoxy) is 1. The first-order valence-corrected chi connectivity index (χ1v) is 5.66. The smallest absolute Gasteiger partial charge is 0.330 e. The number of esters is 1. The van der Waals surface area contributed by atoms with Gasteiger partial charge in [-0.3, -0.25) is 14.3 Å². The Kier molecular flexibility index (Phi) is 4.89. The number of aromatic amines is 1. The van der Waals surface area contributed by atoms with Gasteiger partial charge in [0.15, 0.2) is 0 Å². The van der Waals surface area contributed by atoms with Gasteiger partial charge in [0.2, 0.25) is 0 Å². The van der Waals surface area contributed by atoms with Crippen molar-refractivity contribution in [3.63, 3.8) is 0 Å². The lowest BCUT2D eigenvalue weighted by Gasteiger charge is -2.01. The van der Waals surface area contributed by atoms with Gasteiger partial charge in [-0.25, -0.2) is 9.59 Å². The maximum Gasteiger partial charge on any atom is 0.330 e. The van der Waals surface area contributed by atoms with Crippen molar-refractivity contribution < 1.29 is 9.53 Å². The molecule has 6 nitrogen and oxygen atoms in total. The van der Waals surface area contributed by atoms with Gasteiger partial charge in [-0.05, 0) is 22.9 Å². The lowest BCUT2D eigenvalue weighted by atomic mass is 10.4. The number of H-pyrrole nitrogens is 1. The monoisotopic (exact) mass is 302 g/mol. The third-order valence-electron chi connectivity index (χ3n) is 1.81. The van der Waals surface area contributed by atoms with Gasteiger partial charge in [-0.2, -0.15) is 0 Å². The Hall–Kier alpha value is -1.63. The van der Waals surface area contributed by atoms with Gasteiger partial charge in [-0.1, -0.05) is 6.08 Å². The minimum atomic E-state index is -0.535. The molecule has 0 atom stereocenters. The molecule has 1 aromatic heterocycles. The predicted molar refractivity (Wildman–Crippen MR) is 64.8 cm³/mol. The second-order valence-electron chi connectivity index (χ2n) is 3.04. The number of carbonyl (C=O) groups is 1. The van der Waals surface area contributed by atoms with Crippen molar-refractivity contribution in [1.29, 1.82) is 0 Å². The van der Waals surface area contributed by atoms with Gasteiger partial charge in [-0.15, -0.1) is 0 Å². The Balaban J connectivity index is 2.77. The SMILES string of the molecule is CCOC(=O)/C=C/Cn1cc(Br)c(=O)[nH]c1=O. The maximum atomic E-state index is 11.3. The van der Waals surface area contributed by atoms with Gasteiger partial charge < -0.3 is 4.74 Å². The Morgan fingerprint density at radius 1 is 1.59 bits per heavy atom. The highest BCUT2D eigenvalue weighted by Crippen LogP contribution is 1.97. The molecular weight excluding hydrogens is 292 g/mol. The van der Waals surface area contributed by atoms with E-state index in [9.17, 15) is 14.4 Å².